The van der Waals surface area contributed by atoms with Gasteiger partial charge in [-0.1, -0.05) is 6.92 Å². The predicted octanol–water partition coefficient (Wildman–Crippen LogP) is 1.12. The van der Waals surface area contributed by atoms with Crippen molar-refractivity contribution in [2.45, 2.75) is 70.0 Å². The number of rotatable bonds is 8. The smallest absolute Gasteiger partial charge is 0.307 e. The maximum atomic E-state index is 12.6. The summed E-state index contributed by atoms with van der Waals surface area (Å²) in [6.07, 6.45) is 4.26. The van der Waals surface area contributed by atoms with Crippen molar-refractivity contribution >= 4 is 21.9 Å². The van der Waals surface area contributed by atoms with E-state index in [0.29, 0.717) is 12.4 Å². The van der Waals surface area contributed by atoms with Crippen molar-refractivity contribution in [1.82, 2.24) is 19.2 Å². The Morgan fingerprint density at radius 1 is 1.39 bits per heavy atom. The molecular weight excluding hydrogens is 384 g/mol. The first-order valence-corrected chi connectivity index (χ1v) is 11.1. The van der Waals surface area contributed by atoms with Gasteiger partial charge in [0.05, 0.1) is 6.42 Å². The van der Waals surface area contributed by atoms with E-state index in [2.05, 4.69) is 9.71 Å². The molecule has 0 aliphatic carbocycles. The molecular formula is C18H30N4O5S. The van der Waals surface area contributed by atoms with Gasteiger partial charge in [0.25, 0.3) is 15.9 Å². The number of amides is 1. The van der Waals surface area contributed by atoms with Gasteiger partial charge < -0.3 is 14.2 Å². The molecule has 2 atom stereocenters. The Kier molecular flexibility index (Phi) is 7.59. The summed E-state index contributed by atoms with van der Waals surface area (Å²) in [5.74, 6) is -0.245. The lowest BCUT2D eigenvalue weighted by Gasteiger charge is -2.36. The summed E-state index contributed by atoms with van der Waals surface area (Å²) in [5.41, 5.74) is 0. The van der Waals surface area contributed by atoms with Crippen LogP contribution in [0.5, 0.6) is 0 Å². The Balaban J connectivity index is 1.82. The van der Waals surface area contributed by atoms with Crippen molar-refractivity contribution in [3.8, 4) is 0 Å². The maximum Gasteiger partial charge on any atom is 0.307 e. The second-order valence-electron chi connectivity index (χ2n) is 7.11. The van der Waals surface area contributed by atoms with E-state index in [1.54, 1.807) is 30.4 Å². The first-order chi connectivity index (χ1) is 13.2. The van der Waals surface area contributed by atoms with Crippen molar-refractivity contribution in [2.75, 3.05) is 13.1 Å². The highest BCUT2D eigenvalue weighted by Gasteiger charge is 2.30. The van der Waals surface area contributed by atoms with Crippen LogP contribution in [-0.4, -0.2) is 60.0 Å². The molecule has 1 fully saturated rings. The third-order valence-corrected chi connectivity index (χ3v) is 6.35. The van der Waals surface area contributed by atoms with E-state index >= 15 is 0 Å². The molecule has 1 N–H and O–H groups in total. The van der Waals surface area contributed by atoms with E-state index in [0.717, 1.165) is 25.7 Å². The molecule has 1 saturated heterocycles. The number of carbonyl (C=O) groups excluding carboxylic acids is 2. The lowest BCUT2D eigenvalue weighted by Crippen LogP contribution is -2.48. The number of imidazole rings is 1. The molecule has 1 aliphatic rings. The lowest BCUT2D eigenvalue weighted by atomic mass is 9.99. The van der Waals surface area contributed by atoms with Gasteiger partial charge in [0, 0.05) is 32.4 Å². The van der Waals surface area contributed by atoms with Crippen LogP contribution in [0.4, 0.5) is 0 Å². The summed E-state index contributed by atoms with van der Waals surface area (Å²) in [7, 11) is -2.10. The van der Waals surface area contributed by atoms with Gasteiger partial charge in [0.2, 0.25) is 0 Å². The number of piperidine rings is 1. The molecule has 1 amide bonds. The fraction of sp³-hybridized carbons (Fsp3) is 0.722. The van der Waals surface area contributed by atoms with Gasteiger partial charge in [0.15, 0.2) is 11.1 Å². The molecule has 10 heteroatoms. The Morgan fingerprint density at radius 3 is 2.71 bits per heavy atom. The molecule has 1 aromatic rings. The normalized spacial score (nSPS) is 18.7. The summed E-state index contributed by atoms with van der Waals surface area (Å²) in [5, 5.41) is -0.0971. The van der Waals surface area contributed by atoms with Crippen molar-refractivity contribution in [3.05, 3.63) is 12.0 Å². The third-order valence-electron chi connectivity index (χ3n) is 5.02. The minimum absolute atomic E-state index is 0.0971. The van der Waals surface area contributed by atoms with Crippen LogP contribution in [0.2, 0.25) is 0 Å². The number of nitrogens with zero attached hydrogens (tertiary/aromatic N) is 3. The van der Waals surface area contributed by atoms with Crippen LogP contribution < -0.4 is 4.72 Å². The minimum Gasteiger partial charge on any atom is -0.452 e. The monoisotopic (exact) mass is 414 g/mol. The van der Waals surface area contributed by atoms with Gasteiger partial charge in [-0.2, -0.15) is 0 Å². The number of hydrogen-bond acceptors (Lipinski definition) is 6. The van der Waals surface area contributed by atoms with Crippen LogP contribution in [0.3, 0.4) is 0 Å². The van der Waals surface area contributed by atoms with Crippen LogP contribution in [0.1, 0.15) is 51.8 Å². The Bertz CT molecular complexity index is 785. The number of hydrogen-bond donors (Lipinski definition) is 1. The van der Waals surface area contributed by atoms with Crippen molar-refractivity contribution in [1.29, 1.82) is 0 Å². The van der Waals surface area contributed by atoms with Crippen molar-refractivity contribution in [3.63, 3.8) is 0 Å². The quantitative estimate of drug-likeness (QED) is 0.638. The highest BCUT2D eigenvalue weighted by molar-refractivity contribution is 7.89. The molecule has 2 unspecified atom stereocenters. The van der Waals surface area contributed by atoms with Crippen molar-refractivity contribution < 1.29 is 22.7 Å². The van der Waals surface area contributed by atoms with Gasteiger partial charge in [-0.3, -0.25) is 9.59 Å². The van der Waals surface area contributed by atoms with Crippen LogP contribution in [-0.2, 0) is 31.4 Å². The van der Waals surface area contributed by atoms with Gasteiger partial charge >= 0.3 is 5.97 Å². The lowest BCUT2D eigenvalue weighted by molar-refractivity contribution is -0.160. The summed E-state index contributed by atoms with van der Waals surface area (Å²) in [6, 6.07) is 0.191. The molecule has 2 rings (SSSR count). The number of ether oxygens (including phenoxy) is 1. The molecule has 2 heterocycles. The van der Waals surface area contributed by atoms with Crippen LogP contribution >= 0.6 is 0 Å². The zero-order valence-electron chi connectivity index (χ0n) is 17.0. The molecule has 0 bridgehead atoms. The van der Waals surface area contributed by atoms with E-state index in [1.165, 1.54) is 6.20 Å². The molecule has 1 aromatic heterocycles. The van der Waals surface area contributed by atoms with E-state index in [9.17, 15) is 18.0 Å². The molecule has 1 aliphatic heterocycles. The fourth-order valence-corrected chi connectivity index (χ4v) is 4.34. The zero-order chi connectivity index (χ0) is 20.9. The Labute approximate surface area is 166 Å². The van der Waals surface area contributed by atoms with Crippen LogP contribution in [0.25, 0.3) is 0 Å². The molecule has 0 aromatic carbocycles. The average Bonchev–Trinajstić information content (AvgIpc) is 3.00. The van der Waals surface area contributed by atoms with E-state index in [4.69, 9.17) is 4.74 Å². The average molecular weight is 415 g/mol. The van der Waals surface area contributed by atoms with Gasteiger partial charge in [-0.15, -0.1) is 0 Å². The summed E-state index contributed by atoms with van der Waals surface area (Å²) < 4.78 is 33.5. The highest BCUT2D eigenvalue weighted by atomic mass is 32.2. The summed E-state index contributed by atoms with van der Waals surface area (Å²) in [6.45, 7) is 5.85. The number of aromatic nitrogens is 2. The first-order valence-electron chi connectivity index (χ1n) is 9.65. The molecule has 0 spiro atoms. The SMILES string of the molecule is CCC1CCCCN1C(=O)C(C)OC(=O)CCNS(=O)(=O)c1cn(C)c(C)n1. The molecule has 158 valence electrons. The number of sulfonamides is 1. The van der Waals surface area contributed by atoms with Crippen molar-refractivity contribution in [2.24, 2.45) is 7.05 Å². The van der Waals surface area contributed by atoms with E-state index in [-0.39, 0.29) is 29.9 Å². The first kappa shape index (κ1) is 22.4. The third kappa shape index (κ3) is 5.54. The van der Waals surface area contributed by atoms with E-state index < -0.39 is 22.1 Å². The zero-order valence-corrected chi connectivity index (χ0v) is 17.8. The van der Waals surface area contributed by atoms with Crippen LogP contribution in [0.15, 0.2) is 11.2 Å². The predicted molar refractivity (Wildman–Crippen MR) is 103 cm³/mol. The summed E-state index contributed by atoms with van der Waals surface area (Å²) >= 11 is 0. The Hall–Kier alpha value is -1.94. The molecule has 0 saturated carbocycles. The van der Waals surface area contributed by atoms with Gasteiger partial charge in [-0.25, -0.2) is 18.1 Å². The number of likely N-dealkylation sites (tertiary alicyclic amines) is 1. The number of nitrogens with one attached hydrogen (secondary N) is 1. The topological polar surface area (TPSA) is 111 Å². The van der Waals surface area contributed by atoms with Gasteiger partial charge in [0.1, 0.15) is 5.82 Å². The number of carbonyl (C=O) groups is 2. The second kappa shape index (κ2) is 9.51. The standard InChI is InChI=1S/C18H30N4O5S/c1-5-15-8-6-7-11-22(15)18(24)13(2)27-17(23)9-10-19-28(25,26)16-12-21(4)14(3)20-16/h12-13,15,19H,5-11H2,1-4H3. The number of aryl methyl sites for hydroxylation is 2. The summed E-state index contributed by atoms with van der Waals surface area (Å²) in [4.78, 5) is 30.4. The van der Waals surface area contributed by atoms with Gasteiger partial charge in [-0.05, 0) is 39.5 Å². The largest absolute Gasteiger partial charge is 0.452 e. The maximum absolute atomic E-state index is 12.6. The molecule has 9 nitrogen and oxygen atoms in total. The molecule has 28 heavy (non-hydrogen) atoms. The Morgan fingerprint density at radius 2 is 2.11 bits per heavy atom. The molecule has 0 radical (unpaired) electrons. The minimum atomic E-state index is -3.80. The van der Waals surface area contributed by atoms with E-state index in [1.807, 2.05) is 6.92 Å². The highest BCUT2D eigenvalue weighted by Crippen LogP contribution is 2.21. The van der Waals surface area contributed by atoms with Crippen LogP contribution in [0, 0.1) is 6.92 Å². The number of esters is 1. The fourth-order valence-electron chi connectivity index (χ4n) is 3.27. The second-order valence-corrected chi connectivity index (χ2v) is 8.82.